The highest BCUT2D eigenvalue weighted by Gasteiger charge is 2.22. The van der Waals surface area contributed by atoms with E-state index >= 15 is 0 Å². The average molecular weight is 355 g/mol. The maximum absolute atomic E-state index is 12.2. The van der Waals surface area contributed by atoms with Gasteiger partial charge in [-0.1, -0.05) is 36.4 Å². The molecule has 2 aromatic carbocycles. The number of amides is 3. The summed E-state index contributed by atoms with van der Waals surface area (Å²) in [5.41, 5.74) is 1.94. The van der Waals surface area contributed by atoms with Crippen molar-refractivity contribution in [3.8, 4) is 0 Å². The maximum Gasteiger partial charge on any atom is 0.328 e. The van der Waals surface area contributed by atoms with Crippen LogP contribution in [0.25, 0.3) is 0 Å². The molecule has 0 aromatic heterocycles. The van der Waals surface area contributed by atoms with Crippen LogP contribution in [0.15, 0.2) is 54.6 Å². The Balaban J connectivity index is 2.02. The minimum Gasteiger partial charge on any atom is -0.467 e. The Morgan fingerprint density at radius 1 is 0.962 bits per heavy atom. The monoisotopic (exact) mass is 355 g/mol. The van der Waals surface area contributed by atoms with Crippen LogP contribution in [-0.4, -0.2) is 31.1 Å². The minimum atomic E-state index is -0.819. The van der Waals surface area contributed by atoms with E-state index in [4.69, 9.17) is 4.74 Å². The fraction of sp³-hybridized carbons (Fsp3) is 0.211. The molecule has 0 radical (unpaired) electrons. The van der Waals surface area contributed by atoms with Gasteiger partial charge in [-0.15, -0.1) is 0 Å². The number of anilines is 2. The molecule has 0 aliphatic rings. The van der Waals surface area contributed by atoms with Crippen molar-refractivity contribution in [1.29, 1.82) is 0 Å². The van der Waals surface area contributed by atoms with Crippen molar-refractivity contribution in [3.05, 3.63) is 60.2 Å². The highest BCUT2D eigenvalue weighted by molar-refractivity contribution is 5.94. The van der Waals surface area contributed by atoms with Crippen LogP contribution in [0.4, 0.5) is 16.2 Å². The van der Waals surface area contributed by atoms with Crippen molar-refractivity contribution in [1.82, 2.24) is 5.32 Å². The van der Waals surface area contributed by atoms with Crippen LogP contribution in [0.3, 0.4) is 0 Å². The number of carbonyl (C=O) groups excluding carboxylic acids is 3. The molecule has 136 valence electrons. The molecule has 2 rings (SSSR count). The van der Waals surface area contributed by atoms with Crippen LogP contribution in [0.5, 0.6) is 0 Å². The number of carbonyl (C=O) groups is 3. The van der Waals surface area contributed by atoms with Gasteiger partial charge in [-0.2, -0.15) is 0 Å². The minimum absolute atomic E-state index is 0.208. The first kappa shape index (κ1) is 19.0. The second kappa shape index (κ2) is 9.22. The van der Waals surface area contributed by atoms with Crippen molar-refractivity contribution in [2.75, 3.05) is 17.7 Å². The van der Waals surface area contributed by atoms with Gasteiger partial charge in [-0.05, 0) is 23.8 Å². The Hall–Kier alpha value is -3.35. The SMILES string of the molecule is COC(=O)C(Cc1ccccc1)NC(=O)Nc1cccc(NC(C)=O)c1. The Bertz CT molecular complexity index is 777. The molecule has 0 aliphatic carbocycles. The Kier molecular flexibility index (Phi) is 6.73. The second-order valence-corrected chi connectivity index (χ2v) is 5.63. The average Bonchev–Trinajstić information content (AvgIpc) is 2.61. The normalized spacial score (nSPS) is 11.2. The largest absolute Gasteiger partial charge is 0.467 e. The lowest BCUT2D eigenvalue weighted by Gasteiger charge is -2.17. The summed E-state index contributed by atoms with van der Waals surface area (Å²) in [5.74, 6) is -0.740. The molecule has 0 heterocycles. The summed E-state index contributed by atoms with van der Waals surface area (Å²) in [4.78, 5) is 35.3. The number of hydrogen-bond acceptors (Lipinski definition) is 4. The van der Waals surface area contributed by atoms with E-state index in [9.17, 15) is 14.4 Å². The lowest BCUT2D eigenvalue weighted by molar-refractivity contribution is -0.142. The summed E-state index contributed by atoms with van der Waals surface area (Å²) in [5, 5.41) is 7.89. The zero-order chi connectivity index (χ0) is 18.9. The van der Waals surface area contributed by atoms with Crippen molar-refractivity contribution in [3.63, 3.8) is 0 Å². The molecule has 0 spiro atoms. The summed E-state index contributed by atoms with van der Waals surface area (Å²) in [7, 11) is 1.27. The topological polar surface area (TPSA) is 96.5 Å². The first-order valence-corrected chi connectivity index (χ1v) is 8.05. The lowest BCUT2D eigenvalue weighted by Crippen LogP contribution is -2.45. The fourth-order valence-electron chi connectivity index (χ4n) is 2.39. The number of hydrogen-bond donors (Lipinski definition) is 3. The molecule has 2 aromatic rings. The molecular formula is C19H21N3O4. The smallest absolute Gasteiger partial charge is 0.328 e. The van der Waals surface area contributed by atoms with E-state index in [0.29, 0.717) is 17.8 Å². The number of rotatable bonds is 6. The molecule has 3 N–H and O–H groups in total. The summed E-state index contributed by atoms with van der Waals surface area (Å²) in [6.07, 6.45) is 0.312. The van der Waals surface area contributed by atoms with Crippen molar-refractivity contribution in [2.45, 2.75) is 19.4 Å². The molecule has 0 fully saturated rings. The summed E-state index contributed by atoms with van der Waals surface area (Å²) in [6, 6.07) is 14.7. The van der Waals surface area contributed by atoms with Gasteiger partial charge in [0.25, 0.3) is 0 Å². The van der Waals surface area contributed by atoms with Gasteiger partial charge < -0.3 is 20.7 Å². The van der Waals surface area contributed by atoms with Gasteiger partial charge in [0, 0.05) is 24.7 Å². The third-order valence-electron chi connectivity index (χ3n) is 3.51. The molecule has 0 saturated carbocycles. The summed E-state index contributed by atoms with van der Waals surface area (Å²) < 4.78 is 4.77. The quantitative estimate of drug-likeness (QED) is 0.694. The van der Waals surface area contributed by atoms with E-state index in [1.165, 1.54) is 14.0 Å². The van der Waals surface area contributed by atoms with E-state index in [0.717, 1.165) is 5.56 Å². The van der Waals surface area contributed by atoms with Crippen LogP contribution in [-0.2, 0) is 20.7 Å². The third-order valence-corrected chi connectivity index (χ3v) is 3.51. The molecule has 0 aliphatic heterocycles. The zero-order valence-electron chi connectivity index (χ0n) is 14.6. The molecule has 3 amide bonds. The van der Waals surface area contributed by atoms with E-state index in [1.807, 2.05) is 30.3 Å². The lowest BCUT2D eigenvalue weighted by atomic mass is 10.1. The molecule has 0 saturated heterocycles. The van der Waals surface area contributed by atoms with Gasteiger partial charge in [-0.3, -0.25) is 4.79 Å². The standard InChI is InChI=1S/C19H21N3O4/c1-13(23)20-15-9-6-10-16(12-15)21-19(25)22-17(18(24)26-2)11-14-7-4-3-5-8-14/h3-10,12,17H,11H2,1-2H3,(H,20,23)(H2,21,22,25). The van der Waals surface area contributed by atoms with Gasteiger partial charge >= 0.3 is 12.0 Å². The second-order valence-electron chi connectivity index (χ2n) is 5.63. The third kappa shape index (κ3) is 5.94. The zero-order valence-corrected chi connectivity index (χ0v) is 14.6. The van der Waals surface area contributed by atoms with Crippen LogP contribution in [0.2, 0.25) is 0 Å². The molecular weight excluding hydrogens is 334 g/mol. The predicted molar refractivity (Wildman–Crippen MR) is 98.9 cm³/mol. The van der Waals surface area contributed by atoms with Gasteiger partial charge in [0.1, 0.15) is 6.04 Å². The van der Waals surface area contributed by atoms with E-state index in [1.54, 1.807) is 24.3 Å². The Morgan fingerprint density at radius 2 is 1.62 bits per heavy atom. The van der Waals surface area contributed by atoms with E-state index in [-0.39, 0.29) is 5.91 Å². The van der Waals surface area contributed by atoms with E-state index in [2.05, 4.69) is 16.0 Å². The first-order valence-electron chi connectivity index (χ1n) is 8.05. The molecule has 7 heteroatoms. The molecule has 7 nitrogen and oxygen atoms in total. The number of methoxy groups -OCH3 is 1. The Morgan fingerprint density at radius 3 is 2.23 bits per heavy atom. The first-order chi connectivity index (χ1) is 12.5. The number of nitrogens with one attached hydrogen (secondary N) is 3. The number of benzene rings is 2. The number of ether oxygens (including phenoxy) is 1. The highest BCUT2D eigenvalue weighted by atomic mass is 16.5. The predicted octanol–water partition coefficient (Wildman–Crippen LogP) is 2.55. The fourth-order valence-corrected chi connectivity index (χ4v) is 2.39. The molecule has 1 atom stereocenters. The van der Waals surface area contributed by atoms with Crippen molar-refractivity contribution >= 4 is 29.3 Å². The van der Waals surface area contributed by atoms with Crippen molar-refractivity contribution in [2.24, 2.45) is 0 Å². The molecule has 1 unspecified atom stereocenters. The van der Waals surface area contributed by atoms with Gasteiger partial charge in [0.15, 0.2) is 0 Å². The van der Waals surface area contributed by atoms with Crippen LogP contribution >= 0.6 is 0 Å². The van der Waals surface area contributed by atoms with E-state index < -0.39 is 18.0 Å². The maximum atomic E-state index is 12.2. The Labute approximate surface area is 151 Å². The van der Waals surface area contributed by atoms with Gasteiger partial charge in [0.05, 0.1) is 7.11 Å². The number of urea groups is 1. The molecule has 0 bridgehead atoms. The van der Waals surface area contributed by atoms with Gasteiger partial charge in [0.2, 0.25) is 5.91 Å². The van der Waals surface area contributed by atoms with Crippen LogP contribution in [0, 0.1) is 0 Å². The number of esters is 1. The van der Waals surface area contributed by atoms with Crippen LogP contribution < -0.4 is 16.0 Å². The highest BCUT2D eigenvalue weighted by Crippen LogP contribution is 2.15. The summed E-state index contributed by atoms with van der Waals surface area (Å²) in [6.45, 7) is 1.40. The summed E-state index contributed by atoms with van der Waals surface area (Å²) >= 11 is 0. The van der Waals surface area contributed by atoms with Crippen LogP contribution in [0.1, 0.15) is 12.5 Å². The van der Waals surface area contributed by atoms with Crippen molar-refractivity contribution < 1.29 is 19.1 Å². The van der Waals surface area contributed by atoms with Gasteiger partial charge in [-0.25, -0.2) is 9.59 Å². The molecule has 26 heavy (non-hydrogen) atoms.